The molecule has 0 saturated heterocycles. The van der Waals surface area contributed by atoms with E-state index in [1.165, 1.54) is 0 Å². The molecule has 1 aliphatic carbocycles. The lowest BCUT2D eigenvalue weighted by atomic mass is 10.1. The van der Waals surface area contributed by atoms with Gasteiger partial charge in [-0.25, -0.2) is 0 Å². The summed E-state index contributed by atoms with van der Waals surface area (Å²) >= 11 is 0. The average molecular weight is 209 g/mol. The lowest BCUT2D eigenvalue weighted by molar-refractivity contribution is 0.594. The van der Waals surface area contributed by atoms with Crippen LogP contribution in [0.2, 0.25) is 0 Å². The first kappa shape index (κ1) is 9.08. The van der Waals surface area contributed by atoms with E-state index in [-0.39, 0.29) is 0 Å². The molecule has 16 heavy (non-hydrogen) atoms. The molecule has 1 N–H and O–H groups in total. The third-order valence-corrected chi connectivity index (χ3v) is 2.70. The highest BCUT2D eigenvalue weighted by Gasteiger charge is 2.15. The molecule has 0 bridgehead atoms. The van der Waals surface area contributed by atoms with Crippen molar-refractivity contribution < 1.29 is 4.42 Å². The normalized spacial score (nSPS) is 13.4. The number of para-hydroxylation sites is 1. The van der Waals surface area contributed by atoms with Crippen LogP contribution in [0.3, 0.4) is 0 Å². The number of fused-ring (bicyclic) bond motifs is 3. The van der Waals surface area contributed by atoms with Crippen LogP contribution in [-0.4, -0.2) is 7.05 Å². The Balaban J connectivity index is 2.40. The molecular weight excluding hydrogens is 198 g/mol. The molecule has 1 aromatic carbocycles. The van der Waals surface area contributed by atoms with E-state index in [9.17, 15) is 0 Å². The van der Waals surface area contributed by atoms with Crippen LogP contribution in [0, 0.1) is 0 Å². The minimum absolute atomic E-state index is 0.855. The number of benzene rings is 1. The SMILES string of the molecule is CNC1=C=CC=Cc2c1oc1ccccc21. The van der Waals surface area contributed by atoms with Gasteiger partial charge in [-0.15, -0.1) is 0 Å². The number of allylic oxidation sites excluding steroid dienone is 2. The van der Waals surface area contributed by atoms with Crippen LogP contribution in [0.15, 0.2) is 46.6 Å². The quantitative estimate of drug-likeness (QED) is 0.730. The maximum Gasteiger partial charge on any atom is 0.166 e. The van der Waals surface area contributed by atoms with Crippen LogP contribution in [0.5, 0.6) is 0 Å². The molecule has 2 aromatic rings. The minimum Gasteiger partial charge on any atom is -0.453 e. The van der Waals surface area contributed by atoms with Gasteiger partial charge in [0.1, 0.15) is 11.3 Å². The molecule has 0 atom stereocenters. The summed E-state index contributed by atoms with van der Waals surface area (Å²) in [6.07, 6.45) is 5.92. The van der Waals surface area contributed by atoms with Gasteiger partial charge in [-0.05, 0) is 18.2 Å². The van der Waals surface area contributed by atoms with Gasteiger partial charge in [0.25, 0.3) is 0 Å². The Labute approximate surface area is 93.6 Å². The first-order chi connectivity index (χ1) is 7.90. The molecule has 3 rings (SSSR count). The second-order valence-corrected chi connectivity index (χ2v) is 3.64. The van der Waals surface area contributed by atoms with Crippen LogP contribution < -0.4 is 5.32 Å². The summed E-state index contributed by atoms with van der Waals surface area (Å²) in [6.45, 7) is 0. The van der Waals surface area contributed by atoms with Crippen molar-refractivity contribution in [3.8, 4) is 0 Å². The van der Waals surface area contributed by atoms with Gasteiger partial charge < -0.3 is 9.73 Å². The fourth-order valence-corrected chi connectivity index (χ4v) is 1.94. The Morgan fingerprint density at radius 2 is 2.12 bits per heavy atom. The van der Waals surface area contributed by atoms with Gasteiger partial charge in [0.05, 0.1) is 0 Å². The van der Waals surface area contributed by atoms with Crippen LogP contribution in [0.1, 0.15) is 11.3 Å². The number of hydrogen-bond acceptors (Lipinski definition) is 2. The molecule has 1 aliphatic rings. The first-order valence-corrected chi connectivity index (χ1v) is 5.23. The van der Waals surface area contributed by atoms with Crippen molar-refractivity contribution in [3.05, 3.63) is 53.5 Å². The van der Waals surface area contributed by atoms with E-state index in [0.29, 0.717) is 0 Å². The summed E-state index contributed by atoms with van der Waals surface area (Å²) in [5, 5.41) is 4.24. The standard InChI is InChI=1S/C14H11NO/c1-15-12-8-4-2-7-11-10-6-3-5-9-13(10)16-14(11)12/h2-7,9,15H,1H3. The van der Waals surface area contributed by atoms with Crippen molar-refractivity contribution in [2.75, 3.05) is 7.05 Å². The fourth-order valence-electron chi connectivity index (χ4n) is 1.94. The van der Waals surface area contributed by atoms with Crippen molar-refractivity contribution in [1.82, 2.24) is 5.32 Å². The monoisotopic (exact) mass is 209 g/mol. The van der Waals surface area contributed by atoms with Crippen molar-refractivity contribution in [1.29, 1.82) is 0 Å². The highest BCUT2D eigenvalue weighted by atomic mass is 16.3. The molecule has 1 heterocycles. The second kappa shape index (κ2) is 3.44. The molecule has 0 unspecified atom stereocenters. The van der Waals surface area contributed by atoms with E-state index >= 15 is 0 Å². The lowest BCUT2D eigenvalue weighted by Gasteiger charge is -1.99. The van der Waals surface area contributed by atoms with Crippen LogP contribution in [0.4, 0.5) is 0 Å². The van der Waals surface area contributed by atoms with Gasteiger partial charge in [-0.3, -0.25) is 0 Å². The van der Waals surface area contributed by atoms with E-state index < -0.39 is 0 Å². The van der Waals surface area contributed by atoms with E-state index in [4.69, 9.17) is 4.42 Å². The predicted molar refractivity (Wildman–Crippen MR) is 65.8 cm³/mol. The third kappa shape index (κ3) is 1.21. The van der Waals surface area contributed by atoms with E-state index in [1.807, 2.05) is 37.4 Å². The highest BCUT2D eigenvalue weighted by molar-refractivity contribution is 5.93. The average Bonchev–Trinajstić information content (AvgIpc) is 2.56. The van der Waals surface area contributed by atoms with Gasteiger partial charge in [-0.2, -0.15) is 0 Å². The largest absolute Gasteiger partial charge is 0.453 e. The molecule has 2 heteroatoms. The minimum atomic E-state index is 0.855. The summed E-state index contributed by atoms with van der Waals surface area (Å²) in [5.74, 6) is 0.855. The summed E-state index contributed by atoms with van der Waals surface area (Å²) in [7, 11) is 1.87. The Morgan fingerprint density at radius 1 is 1.25 bits per heavy atom. The molecule has 2 nitrogen and oxygen atoms in total. The van der Waals surface area contributed by atoms with Crippen LogP contribution in [0.25, 0.3) is 22.7 Å². The maximum atomic E-state index is 5.84. The van der Waals surface area contributed by atoms with Crippen LogP contribution in [-0.2, 0) is 0 Å². The zero-order valence-corrected chi connectivity index (χ0v) is 8.95. The Kier molecular flexibility index (Phi) is 1.95. The van der Waals surface area contributed by atoms with E-state index in [2.05, 4.69) is 23.2 Å². The van der Waals surface area contributed by atoms with Gasteiger partial charge in [0, 0.05) is 18.0 Å². The molecule has 1 aromatic heterocycles. The molecular formula is C14H11NO. The second-order valence-electron chi connectivity index (χ2n) is 3.64. The number of rotatable bonds is 1. The molecule has 0 aliphatic heterocycles. The zero-order chi connectivity index (χ0) is 11.0. The number of nitrogens with one attached hydrogen (secondary N) is 1. The van der Waals surface area contributed by atoms with Gasteiger partial charge >= 0.3 is 0 Å². The first-order valence-electron chi connectivity index (χ1n) is 5.23. The maximum absolute atomic E-state index is 5.84. The molecule has 78 valence electrons. The molecule has 0 fully saturated rings. The predicted octanol–water partition coefficient (Wildman–Crippen LogP) is 3.18. The van der Waals surface area contributed by atoms with E-state index in [0.717, 1.165) is 28.0 Å². The number of hydrogen-bond donors (Lipinski definition) is 1. The van der Waals surface area contributed by atoms with Gasteiger partial charge in [0.2, 0.25) is 0 Å². The Morgan fingerprint density at radius 3 is 3.00 bits per heavy atom. The van der Waals surface area contributed by atoms with Gasteiger partial charge in [0.15, 0.2) is 5.76 Å². The molecule has 0 spiro atoms. The van der Waals surface area contributed by atoms with Crippen molar-refractivity contribution >= 4 is 22.7 Å². The van der Waals surface area contributed by atoms with Crippen molar-refractivity contribution in [2.45, 2.75) is 0 Å². The fraction of sp³-hybridized carbons (Fsp3) is 0.0714. The molecule has 0 amide bonds. The van der Waals surface area contributed by atoms with Crippen molar-refractivity contribution in [2.24, 2.45) is 0 Å². The lowest BCUT2D eigenvalue weighted by Crippen LogP contribution is -2.03. The Bertz CT molecular complexity index is 640. The summed E-state index contributed by atoms with van der Waals surface area (Å²) in [6, 6.07) is 8.05. The van der Waals surface area contributed by atoms with Crippen LogP contribution >= 0.6 is 0 Å². The summed E-state index contributed by atoms with van der Waals surface area (Å²) in [5.41, 5.74) is 6.06. The zero-order valence-electron chi connectivity index (χ0n) is 8.95. The van der Waals surface area contributed by atoms with Gasteiger partial charge in [-0.1, -0.05) is 30.0 Å². The topological polar surface area (TPSA) is 25.2 Å². The van der Waals surface area contributed by atoms with Crippen molar-refractivity contribution in [3.63, 3.8) is 0 Å². The third-order valence-electron chi connectivity index (χ3n) is 2.70. The summed E-state index contributed by atoms with van der Waals surface area (Å²) in [4.78, 5) is 0. The highest BCUT2D eigenvalue weighted by Crippen LogP contribution is 2.31. The molecule has 0 radical (unpaired) electrons. The number of furan rings is 1. The smallest absolute Gasteiger partial charge is 0.166 e. The van der Waals surface area contributed by atoms with E-state index in [1.54, 1.807) is 0 Å². The Hall–Kier alpha value is -2.18. The molecule has 0 saturated carbocycles. The summed E-state index contributed by atoms with van der Waals surface area (Å²) < 4.78 is 5.84.